The summed E-state index contributed by atoms with van der Waals surface area (Å²) in [6.45, 7) is 0. The van der Waals surface area contributed by atoms with Crippen LogP contribution in [0.4, 0.5) is 10.8 Å². The van der Waals surface area contributed by atoms with Gasteiger partial charge >= 0.3 is 0 Å². The van der Waals surface area contributed by atoms with Crippen LogP contribution in [-0.2, 0) is 13.5 Å². The number of aromatic nitrogens is 7. The molecule has 31 heavy (non-hydrogen) atoms. The van der Waals surface area contributed by atoms with Crippen molar-refractivity contribution in [3.05, 3.63) is 65.1 Å². The first-order chi connectivity index (χ1) is 15.1. The van der Waals surface area contributed by atoms with Crippen molar-refractivity contribution >= 4 is 50.6 Å². The summed E-state index contributed by atoms with van der Waals surface area (Å²) in [6.07, 6.45) is 3.39. The molecule has 5 rings (SSSR count). The van der Waals surface area contributed by atoms with Gasteiger partial charge in [0, 0.05) is 36.0 Å². The van der Waals surface area contributed by atoms with Crippen molar-refractivity contribution in [2.45, 2.75) is 6.42 Å². The average Bonchev–Trinajstić information content (AvgIpc) is 3.51. The van der Waals surface area contributed by atoms with E-state index in [1.807, 2.05) is 36.4 Å². The Kier molecular flexibility index (Phi) is 4.92. The number of halogens is 1. The Morgan fingerprint density at radius 3 is 3.00 bits per heavy atom. The van der Waals surface area contributed by atoms with E-state index in [9.17, 15) is 4.79 Å². The lowest BCUT2D eigenvalue weighted by molar-refractivity contribution is 0.0984. The number of aromatic amines is 1. The number of hydrogen-bond donors (Lipinski definition) is 2. The molecule has 9 nitrogen and oxygen atoms in total. The molecule has 0 saturated carbocycles. The molecule has 0 aliphatic heterocycles. The van der Waals surface area contributed by atoms with Crippen LogP contribution in [0.2, 0.25) is 5.02 Å². The minimum atomic E-state index is -0.0532. The topological polar surface area (TPSA) is 114 Å². The maximum atomic E-state index is 12.5. The first-order valence-corrected chi connectivity index (χ1v) is 10.4. The highest BCUT2D eigenvalue weighted by Crippen LogP contribution is 2.33. The van der Waals surface area contributed by atoms with Crippen LogP contribution in [0.25, 0.3) is 22.3 Å². The third-order valence-corrected chi connectivity index (χ3v) is 5.81. The van der Waals surface area contributed by atoms with Crippen LogP contribution >= 0.6 is 23.1 Å². The van der Waals surface area contributed by atoms with Gasteiger partial charge in [0.05, 0.1) is 28.6 Å². The molecule has 0 amide bonds. The SMILES string of the molecule is Cn1nncc1C(=O)Cc1cccc(-c2nsc(Nc3ccc4[nH]ncc4c3Cl)n2)c1. The summed E-state index contributed by atoms with van der Waals surface area (Å²) in [5, 5.41) is 19.7. The van der Waals surface area contributed by atoms with Gasteiger partial charge in [-0.3, -0.25) is 9.89 Å². The molecular weight excluding hydrogens is 436 g/mol. The van der Waals surface area contributed by atoms with Gasteiger partial charge in [0.2, 0.25) is 5.13 Å². The number of ketones is 1. The lowest BCUT2D eigenvalue weighted by Gasteiger charge is -2.05. The van der Waals surface area contributed by atoms with Crippen LogP contribution in [0, 0.1) is 0 Å². The highest BCUT2D eigenvalue weighted by atomic mass is 35.5. The van der Waals surface area contributed by atoms with E-state index in [2.05, 4.69) is 35.2 Å². The van der Waals surface area contributed by atoms with Crippen molar-refractivity contribution in [1.29, 1.82) is 0 Å². The molecule has 3 aromatic heterocycles. The van der Waals surface area contributed by atoms with Crippen LogP contribution in [0.3, 0.4) is 0 Å². The van der Waals surface area contributed by atoms with Crippen LogP contribution in [0.5, 0.6) is 0 Å². The molecular formula is C20H15ClN8OS. The number of hydrogen-bond acceptors (Lipinski definition) is 8. The molecule has 0 aliphatic carbocycles. The molecule has 0 atom stereocenters. The molecule has 0 saturated heterocycles. The Bertz CT molecular complexity index is 1410. The van der Waals surface area contributed by atoms with Gasteiger partial charge in [-0.2, -0.15) is 14.5 Å². The van der Waals surface area contributed by atoms with Crippen LogP contribution < -0.4 is 5.32 Å². The number of Topliss-reactive ketones (excluding diaryl/α,β-unsaturated/α-hetero) is 1. The molecule has 0 radical (unpaired) electrons. The van der Waals surface area contributed by atoms with Gasteiger partial charge in [0.1, 0.15) is 5.69 Å². The predicted molar refractivity (Wildman–Crippen MR) is 119 cm³/mol. The average molecular weight is 451 g/mol. The molecule has 154 valence electrons. The summed E-state index contributed by atoms with van der Waals surface area (Å²) in [6, 6.07) is 11.4. The standard InChI is InChI=1S/C20H15ClN8OS/c1-29-16(10-23-28-29)17(30)8-11-3-2-4-12(7-11)19-25-20(31-27-19)24-15-6-5-14-13(18(15)21)9-22-26-14/h2-7,9-10H,8H2,1H3,(H,22,26)(H,24,25,27). The monoisotopic (exact) mass is 450 g/mol. The van der Waals surface area contributed by atoms with Gasteiger partial charge in [-0.1, -0.05) is 35.0 Å². The molecule has 0 bridgehead atoms. The van der Waals surface area contributed by atoms with Crippen molar-refractivity contribution in [3.8, 4) is 11.4 Å². The molecule has 0 aliphatic rings. The Labute approximate surface area is 185 Å². The number of anilines is 2. The summed E-state index contributed by atoms with van der Waals surface area (Å²) < 4.78 is 5.92. The van der Waals surface area contributed by atoms with Crippen molar-refractivity contribution in [2.24, 2.45) is 7.05 Å². The number of fused-ring (bicyclic) bond motifs is 1. The Balaban J connectivity index is 1.36. The minimum absolute atomic E-state index is 0.0532. The van der Waals surface area contributed by atoms with E-state index in [1.165, 1.54) is 22.4 Å². The zero-order chi connectivity index (χ0) is 21.4. The van der Waals surface area contributed by atoms with Gasteiger partial charge in [0.25, 0.3) is 0 Å². The first-order valence-electron chi connectivity index (χ1n) is 9.28. The Hall–Kier alpha value is -3.63. The predicted octanol–water partition coefficient (Wildman–Crippen LogP) is 4.03. The minimum Gasteiger partial charge on any atom is -0.329 e. The lowest BCUT2D eigenvalue weighted by Crippen LogP contribution is -2.09. The summed E-state index contributed by atoms with van der Waals surface area (Å²) in [5.74, 6) is 0.520. The smallest absolute Gasteiger partial charge is 0.207 e. The molecule has 0 spiro atoms. The zero-order valence-electron chi connectivity index (χ0n) is 16.2. The summed E-state index contributed by atoms with van der Waals surface area (Å²) in [7, 11) is 1.70. The summed E-state index contributed by atoms with van der Waals surface area (Å²) >= 11 is 7.70. The van der Waals surface area contributed by atoms with E-state index in [0.29, 0.717) is 21.7 Å². The van der Waals surface area contributed by atoms with Crippen LogP contribution in [0.1, 0.15) is 16.1 Å². The lowest BCUT2D eigenvalue weighted by atomic mass is 10.0. The van der Waals surface area contributed by atoms with Gasteiger partial charge in [-0.15, -0.1) is 5.10 Å². The van der Waals surface area contributed by atoms with Gasteiger partial charge < -0.3 is 5.32 Å². The Morgan fingerprint density at radius 1 is 1.26 bits per heavy atom. The third-order valence-electron chi connectivity index (χ3n) is 4.78. The number of nitrogens with zero attached hydrogens (tertiary/aromatic N) is 6. The molecule has 3 heterocycles. The second-order valence-electron chi connectivity index (χ2n) is 6.85. The number of carbonyl (C=O) groups is 1. The third kappa shape index (κ3) is 3.78. The number of rotatable bonds is 6. The van der Waals surface area contributed by atoms with Gasteiger partial charge in [0.15, 0.2) is 11.6 Å². The zero-order valence-corrected chi connectivity index (χ0v) is 17.8. The van der Waals surface area contributed by atoms with E-state index < -0.39 is 0 Å². The number of H-pyrrole nitrogens is 1. The van der Waals surface area contributed by atoms with Crippen molar-refractivity contribution in [3.63, 3.8) is 0 Å². The second-order valence-corrected chi connectivity index (χ2v) is 7.98. The largest absolute Gasteiger partial charge is 0.329 e. The maximum absolute atomic E-state index is 12.5. The molecule has 0 fully saturated rings. The van der Waals surface area contributed by atoms with Crippen molar-refractivity contribution in [1.82, 2.24) is 34.5 Å². The van der Waals surface area contributed by atoms with E-state index in [4.69, 9.17) is 11.6 Å². The van der Waals surface area contributed by atoms with Crippen LogP contribution in [0.15, 0.2) is 48.8 Å². The number of carbonyl (C=O) groups excluding carboxylic acids is 1. The van der Waals surface area contributed by atoms with Gasteiger partial charge in [-0.05, 0) is 23.8 Å². The first kappa shape index (κ1) is 19.3. The highest BCUT2D eigenvalue weighted by molar-refractivity contribution is 7.10. The number of aryl methyl sites for hydroxylation is 1. The number of benzene rings is 2. The van der Waals surface area contributed by atoms with Crippen LogP contribution in [-0.4, -0.2) is 40.3 Å². The summed E-state index contributed by atoms with van der Waals surface area (Å²) in [4.78, 5) is 17.1. The molecule has 0 unspecified atom stereocenters. The second kappa shape index (κ2) is 7.89. The fraction of sp³-hybridized carbons (Fsp3) is 0.100. The normalized spacial score (nSPS) is 11.2. The molecule has 2 N–H and O–H groups in total. The van der Waals surface area contributed by atoms with Gasteiger partial charge in [-0.25, -0.2) is 4.68 Å². The fourth-order valence-electron chi connectivity index (χ4n) is 3.22. The summed E-state index contributed by atoms with van der Waals surface area (Å²) in [5.41, 5.74) is 3.75. The van der Waals surface area contributed by atoms with E-state index in [0.717, 1.165) is 27.7 Å². The van der Waals surface area contributed by atoms with E-state index in [1.54, 1.807) is 13.2 Å². The highest BCUT2D eigenvalue weighted by Gasteiger charge is 2.14. The number of nitrogens with one attached hydrogen (secondary N) is 2. The maximum Gasteiger partial charge on any atom is 0.207 e. The molecule has 11 heteroatoms. The van der Waals surface area contributed by atoms with E-state index in [-0.39, 0.29) is 12.2 Å². The molecule has 5 aromatic rings. The van der Waals surface area contributed by atoms with Crippen molar-refractivity contribution in [2.75, 3.05) is 5.32 Å². The molecule has 2 aromatic carbocycles. The van der Waals surface area contributed by atoms with E-state index >= 15 is 0 Å². The Morgan fingerprint density at radius 2 is 2.16 bits per heavy atom. The fourth-order valence-corrected chi connectivity index (χ4v) is 4.09. The quantitative estimate of drug-likeness (QED) is 0.375. The van der Waals surface area contributed by atoms with Crippen molar-refractivity contribution < 1.29 is 4.79 Å².